The van der Waals surface area contributed by atoms with Crippen LogP contribution in [0.5, 0.6) is 0 Å². The van der Waals surface area contributed by atoms with Crippen LogP contribution in [-0.4, -0.2) is 56.7 Å². The Morgan fingerprint density at radius 3 is 2.70 bits per heavy atom. The van der Waals surface area contributed by atoms with Crippen LogP contribution in [0.15, 0.2) is 29.3 Å². The number of nitrogens with zero attached hydrogens (tertiary/aromatic N) is 2. The molecular weight excluding hydrogens is 347 g/mol. The number of amides is 1. The molecule has 1 aromatic rings. The summed E-state index contributed by atoms with van der Waals surface area (Å²) < 4.78 is 18.7. The molecule has 1 fully saturated rings. The molecule has 1 atom stereocenters. The molecule has 150 valence electrons. The topological polar surface area (TPSA) is 79.9 Å². The second kappa shape index (κ2) is 10.9. The SMILES string of the molecule is CCNC(=NCC(Cc1ccc(F)cc1)C(N)=O)N(C)CCOCC1CC1. The Balaban J connectivity index is 1.89. The first-order valence-corrected chi connectivity index (χ1v) is 9.60. The van der Waals surface area contributed by atoms with Gasteiger partial charge < -0.3 is 20.7 Å². The molecule has 1 unspecified atom stereocenters. The summed E-state index contributed by atoms with van der Waals surface area (Å²) in [4.78, 5) is 18.4. The molecule has 0 heterocycles. The number of carbonyl (C=O) groups is 1. The average Bonchev–Trinajstić information content (AvgIpc) is 3.46. The molecule has 7 heteroatoms. The molecule has 1 saturated carbocycles. The van der Waals surface area contributed by atoms with E-state index in [9.17, 15) is 9.18 Å². The van der Waals surface area contributed by atoms with Gasteiger partial charge in [-0.15, -0.1) is 0 Å². The lowest BCUT2D eigenvalue weighted by Gasteiger charge is -2.22. The molecule has 1 amide bonds. The summed E-state index contributed by atoms with van der Waals surface area (Å²) in [5.41, 5.74) is 6.41. The third-order valence-electron chi connectivity index (χ3n) is 4.58. The van der Waals surface area contributed by atoms with E-state index < -0.39 is 11.8 Å². The van der Waals surface area contributed by atoms with Crippen LogP contribution >= 0.6 is 0 Å². The summed E-state index contributed by atoms with van der Waals surface area (Å²) in [5.74, 6) is 0.322. The van der Waals surface area contributed by atoms with Crippen LogP contribution in [0, 0.1) is 17.7 Å². The number of halogens is 1. The largest absolute Gasteiger partial charge is 0.379 e. The third-order valence-corrected chi connectivity index (χ3v) is 4.58. The highest BCUT2D eigenvalue weighted by Gasteiger charge is 2.21. The number of ether oxygens (including phenoxy) is 1. The van der Waals surface area contributed by atoms with Crippen molar-refractivity contribution in [1.82, 2.24) is 10.2 Å². The molecule has 0 bridgehead atoms. The average molecular weight is 378 g/mol. The van der Waals surface area contributed by atoms with Gasteiger partial charge in [0.05, 0.1) is 19.1 Å². The van der Waals surface area contributed by atoms with Gasteiger partial charge in [0, 0.05) is 26.7 Å². The van der Waals surface area contributed by atoms with E-state index in [-0.39, 0.29) is 12.4 Å². The molecule has 1 aromatic carbocycles. The van der Waals surface area contributed by atoms with Gasteiger partial charge in [-0.2, -0.15) is 0 Å². The van der Waals surface area contributed by atoms with Crippen LogP contribution in [0.1, 0.15) is 25.3 Å². The van der Waals surface area contributed by atoms with Crippen LogP contribution in [0.25, 0.3) is 0 Å². The Labute approximate surface area is 161 Å². The lowest BCUT2D eigenvalue weighted by Crippen LogP contribution is -2.41. The lowest BCUT2D eigenvalue weighted by molar-refractivity contribution is -0.121. The van der Waals surface area contributed by atoms with E-state index in [2.05, 4.69) is 10.3 Å². The minimum absolute atomic E-state index is 0.280. The van der Waals surface area contributed by atoms with Gasteiger partial charge in [-0.1, -0.05) is 12.1 Å². The Hall–Kier alpha value is -2.15. The number of rotatable bonds is 11. The predicted octanol–water partition coefficient (Wildman–Crippen LogP) is 1.79. The Bertz CT molecular complexity index is 617. The highest BCUT2D eigenvalue weighted by atomic mass is 19.1. The zero-order valence-corrected chi connectivity index (χ0v) is 16.3. The normalized spacial score (nSPS) is 15.4. The van der Waals surface area contributed by atoms with Crippen LogP contribution in [0.4, 0.5) is 4.39 Å². The van der Waals surface area contributed by atoms with Crippen LogP contribution < -0.4 is 11.1 Å². The highest BCUT2D eigenvalue weighted by Crippen LogP contribution is 2.28. The molecule has 0 spiro atoms. The molecule has 0 aliphatic heterocycles. The van der Waals surface area contributed by atoms with E-state index in [1.165, 1.54) is 25.0 Å². The summed E-state index contributed by atoms with van der Waals surface area (Å²) >= 11 is 0. The summed E-state index contributed by atoms with van der Waals surface area (Å²) in [6.45, 7) is 5.21. The molecule has 0 saturated heterocycles. The number of guanidine groups is 1. The molecule has 0 aromatic heterocycles. The molecule has 3 N–H and O–H groups in total. The molecule has 0 radical (unpaired) electrons. The number of hydrogen-bond acceptors (Lipinski definition) is 3. The number of primary amides is 1. The van der Waals surface area contributed by atoms with E-state index in [0.717, 1.165) is 37.1 Å². The van der Waals surface area contributed by atoms with E-state index in [4.69, 9.17) is 10.5 Å². The van der Waals surface area contributed by atoms with E-state index >= 15 is 0 Å². The van der Waals surface area contributed by atoms with Crippen LogP contribution in [-0.2, 0) is 16.0 Å². The summed E-state index contributed by atoms with van der Waals surface area (Å²) in [5, 5.41) is 3.23. The van der Waals surface area contributed by atoms with Crippen molar-refractivity contribution in [1.29, 1.82) is 0 Å². The van der Waals surface area contributed by atoms with Gasteiger partial charge in [0.25, 0.3) is 0 Å². The van der Waals surface area contributed by atoms with Crippen molar-refractivity contribution in [2.45, 2.75) is 26.2 Å². The van der Waals surface area contributed by atoms with Crippen molar-refractivity contribution in [3.8, 4) is 0 Å². The van der Waals surface area contributed by atoms with Crippen molar-refractivity contribution < 1.29 is 13.9 Å². The fourth-order valence-corrected chi connectivity index (χ4v) is 2.67. The number of hydrogen-bond donors (Lipinski definition) is 2. The molecule has 6 nitrogen and oxygen atoms in total. The van der Waals surface area contributed by atoms with Gasteiger partial charge in [-0.05, 0) is 49.8 Å². The Kier molecular flexibility index (Phi) is 8.51. The first-order chi connectivity index (χ1) is 13.0. The minimum atomic E-state index is -0.441. The number of aliphatic imine (C=N–C) groups is 1. The molecule has 1 aliphatic rings. The number of nitrogens with two attached hydrogens (primary N) is 1. The quantitative estimate of drug-likeness (QED) is 0.350. The Morgan fingerprint density at radius 2 is 2.11 bits per heavy atom. The van der Waals surface area contributed by atoms with Gasteiger partial charge in [0.2, 0.25) is 5.91 Å². The van der Waals surface area contributed by atoms with E-state index in [1.54, 1.807) is 12.1 Å². The Morgan fingerprint density at radius 1 is 1.41 bits per heavy atom. The standard InChI is InChI=1S/C20H31FN4O2/c1-3-23-20(25(2)10-11-27-14-16-4-5-16)24-13-17(19(22)26)12-15-6-8-18(21)9-7-15/h6-9,16-17H,3-5,10-14H2,1-2H3,(H2,22,26)(H,23,24). The van der Waals surface area contributed by atoms with E-state index in [0.29, 0.717) is 13.0 Å². The second-order valence-corrected chi connectivity index (χ2v) is 7.06. The maximum absolute atomic E-state index is 13.0. The smallest absolute Gasteiger partial charge is 0.222 e. The number of likely N-dealkylation sites (N-methyl/N-ethyl adjacent to an activating group) is 1. The van der Waals surface area contributed by atoms with Crippen molar-refractivity contribution in [3.63, 3.8) is 0 Å². The van der Waals surface area contributed by atoms with Crippen molar-refractivity contribution >= 4 is 11.9 Å². The van der Waals surface area contributed by atoms with E-state index in [1.807, 2.05) is 18.9 Å². The number of carbonyl (C=O) groups excluding carboxylic acids is 1. The molecular formula is C20H31FN4O2. The number of benzene rings is 1. The number of nitrogens with one attached hydrogen (secondary N) is 1. The maximum atomic E-state index is 13.0. The van der Waals surface area contributed by atoms with Crippen LogP contribution in [0.3, 0.4) is 0 Å². The third kappa shape index (κ3) is 7.95. The van der Waals surface area contributed by atoms with Gasteiger partial charge in [0.15, 0.2) is 5.96 Å². The first-order valence-electron chi connectivity index (χ1n) is 9.60. The zero-order valence-electron chi connectivity index (χ0n) is 16.3. The van der Waals surface area contributed by atoms with Crippen molar-refractivity contribution in [3.05, 3.63) is 35.6 Å². The second-order valence-electron chi connectivity index (χ2n) is 7.06. The van der Waals surface area contributed by atoms with Crippen LogP contribution in [0.2, 0.25) is 0 Å². The predicted molar refractivity (Wildman–Crippen MR) is 105 cm³/mol. The molecule has 1 aliphatic carbocycles. The zero-order chi connectivity index (χ0) is 19.6. The van der Waals surface area contributed by atoms with Gasteiger partial charge in [-0.3, -0.25) is 9.79 Å². The van der Waals surface area contributed by atoms with Gasteiger partial charge in [-0.25, -0.2) is 4.39 Å². The monoisotopic (exact) mass is 378 g/mol. The fourth-order valence-electron chi connectivity index (χ4n) is 2.67. The highest BCUT2D eigenvalue weighted by molar-refractivity contribution is 5.81. The molecule has 27 heavy (non-hydrogen) atoms. The first kappa shape index (κ1) is 21.2. The summed E-state index contributed by atoms with van der Waals surface area (Å²) in [6, 6.07) is 6.11. The molecule has 2 rings (SSSR count). The summed E-state index contributed by atoms with van der Waals surface area (Å²) in [7, 11) is 1.95. The lowest BCUT2D eigenvalue weighted by atomic mass is 9.99. The van der Waals surface area contributed by atoms with Crippen molar-refractivity contribution in [2.24, 2.45) is 22.6 Å². The van der Waals surface area contributed by atoms with Gasteiger partial charge >= 0.3 is 0 Å². The fraction of sp³-hybridized carbons (Fsp3) is 0.600. The maximum Gasteiger partial charge on any atom is 0.222 e. The minimum Gasteiger partial charge on any atom is -0.379 e. The van der Waals surface area contributed by atoms with Crippen molar-refractivity contribution in [2.75, 3.05) is 39.9 Å². The van der Waals surface area contributed by atoms with Gasteiger partial charge in [0.1, 0.15) is 5.82 Å². The summed E-state index contributed by atoms with van der Waals surface area (Å²) in [6.07, 6.45) is 3.00.